The average molecular weight is 284 g/mol. The smallest absolute Gasteiger partial charge is 0.0989 e. The van der Waals surface area contributed by atoms with E-state index >= 15 is 0 Å². The van der Waals surface area contributed by atoms with Gasteiger partial charge >= 0.3 is 0 Å². The fourth-order valence-corrected chi connectivity index (χ4v) is 2.73. The molecule has 1 aliphatic carbocycles. The molecule has 0 saturated heterocycles. The average Bonchev–Trinajstić information content (AvgIpc) is 2.99. The Labute approximate surface area is 121 Å². The monoisotopic (exact) mass is 284 g/mol. The fraction of sp³-hybridized carbons (Fsp3) is 0.643. The lowest BCUT2D eigenvalue weighted by molar-refractivity contribution is 0.753. The van der Waals surface area contributed by atoms with Crippen LogP contribution in [0.5, 0.6) is 0 Å². The van der Waals surface area contributed by atoms with Crippen LogP contribution < -0.4 is 0 Å². The number of aromatic nitrogens is 2. The van der Waals surface area contributed by atoms with Crippen LogP contribution in [0.4, 0.5) is 0 Å². The number of thioether (sulfide) groups is 1. The topological polar surface area (TPSA) is 17.8 Å². The van der Waals surface area contributed by atoms with Gasteiger partial charge in [0.1, 0.15) is 0 Å². The zero-order chi connectivity index (χ0) is 13.4. The molecular formula is C14H24N2S2. The maximum atomic E-state index is 4.08. The summed E-state index contributed by atoms with van der Waals surface area (Å²) in [5.74, 6) is 2.92. The van der Waals surface area contributed by atoms with Crippen molar-refractivity contribution in [2.75, 3.05) is 11.5 Å². The van der Waals surface area contributed by atoms with E-state index < -0.39 is 0 Å². The van der Waals surface area contributed by atoms with Crippen LogP contribution in [0.15, 0.2) is 23.6 Å². The summed E-state index contributed by atoms with van der Waals surface area (Å²) in [4.78, 5) is 5.64. The number of imidazole rings is 1. The molecule has 0 fully saturated rings. The van der Waals surface area contributed by atoms with E-state index in [0.717, 1.165) is 11.7 Å². The molecule has 0 unspecified atom stereocenters. The Morgan fingerprint density at radius 2 is 2.17 bits per heavy atom. The third kappa shape index (κ3) is 5.11. The van der Waals surface area contributed by atoms with E-state index in [-0.39, 0.29) is 0 Å². The number of rotatable bonds is 4. The van der Waals surface area contributed by atoms with Crippen molar-refractivity contribution in [1.29, 1.82) is 0 Å². The van der Waals surface area contributed by atoms with Crippen molar-refractivity contribution in [3.05, 3.63) is 23.6 Å². The largest absolute Gasteiger partial charge is 0.309 e. The standard InChI is InChI=1S/C10H14N2S.C4H10S/c1-2-13-10-5-3-4-9(10)12-7-6-11-8-12;1-4(2)3-5/h6-8H,2-5H2,1H3;4-5H,3H2,1-2H3. The molecule has 1 aromatic heterocycles. The van der Waals surface area contributed by atoms with Crippen LogP contribution in [0.2, 0.25) is 0 Å². The molecule has 0 spiro atoms. The van der Waals surface area contributed by atoms with Gasteiger partial charge in [-0.2, -0.15) is 12.6 Å². The lowest BCUT2D eigenvalue weighted by Crippen LogP contribution is -1.91. The molecule has 0 radical (unpaired) electrons. The maximum Gasteiger partial charge on any atom is 0.0989 e. The lowest BCUT2D eigenvalue weighted by Gasteiger charge is -2.06. The molecule has 4 heteroatoms. The van der Waals surface area contributed by atoms with E-state index in [1.165, 1.54) is 30.7 Å². The van der Waals surface area contributed by atoms with Crippen molar-refractivity contribution in [3.63, 3.8) is 0 Å². The SMILES string of the molecule is CC(C)CS.CCSC1=C(n2ccnc2)CCC1. The van der Waals surface area contributed by atoms with E-state index in [4.69, 9.17) is 0 Å². The summed E-state index contributed by atoms with van der Waals surface area (Å²) >= 11 is 5.99. The summed E-state index contributed by atoms with van der Waals surface area (Å²) in [5, 5.41) is 0. The second-order valence-electron chi connectivity index (χ2n) is 4.70. The molecule has 0 atom stereocenters. The summed E-state index contributed by atoms with van der Waals surface area (Å²) in [7, 11) is 0. The Morgan fingerprint density at radius 1 is 1.44 bits per heavy atom. The number of nitrogens with zero attached hydrogens (tertiary/aromatic N) is 2. The third-order valence-corrected chi connectivity index (χ3v) is 4.45. The van der Waals surface area contributed by atoms with Crippen LogP contribution in [0.1, 0.15) is 40.0 Å². The minimum absolute atomic E-state index is 0.748. The van der Waals surface area contributed by atoms with Gasteiger partial charge in [-0.1, -0.05) is 20.8 Å². The molecule has 102 valence electrons. The first-order chi connectivity index (χ1) is 8.69. The Kier molecular flexibility index (Phi) is 7.59. The van der Waals surface area contributed by atoms with Gasteiger partial charge in [-0.3, -0.25) is 0 Å². The summed E-state index contributed by atoms with van der Waals surface area (Å²) in [5.41, 5.74) is 1.46. The van der Waals surface area contributed by atoms with Crippen molar-refractivity contribution in [1.82, 2.24) is 9.55 Å². The van der Waals surface area contributed by atoms with Crippen molar-refractivity contribution in [2.45, 2.75) is 40.0 Å². The molecule has 0 N–H and O–H groups in total. The van der Waals surface area contributed by atoms with Gasteiger partial charge in [0, 0.05) is 23.0 Å². The number of thiol groups is 1. The quantitative estimate of drug-likeness (QED) is 0.817. The predicted molar refractivity (Wildman–Crippen MR) is 86.1 cm³/mol. The van der Waals surface area contributed by atoms with Crippen LogP contribution in [0.25, 0.3) is 5.70 Å². The van der Waals surface area contributed by atoms with E-state index in [0.29, 0.717) is 0 Å². The third-order valence-electron chi connectivity index (χ3n) is 2.64. The van der Waals surface area contributed by atoms with Gasteiger partial charge in [-0.25, -0.2) is 4.98 Å². The van der Waals surface area contributed by atoms with Crippen LogP contribution in [0, 0.1) is 5.92 Å². The van der Waals surface area contributed by atoms with Gasteiger partial charge < -0.3 is 4.57 Å². The number of hydrogen-bond acceptors (Lipinski definition) is 3. The molecule has 0 aliphatic heterocycles. The van der Waals surface area contributed by atoms with Gasteiger partial charge in [0.05, 0.1) is 6.33 Å². The summed E-state index contributed by atoms with van der Waals surface area (Å²) in [6.07, 6.45) is 9.55. The zero-order valence-corrected chi connectivity index (χ0v) is 13.3. The molecule has 1 aliphatic rings. The highest BCUT2D eigenvalue weighted by molar-refractivity contribution is 8.03. The second-order valence-corrected chi connectivity index (χ2v) is 6.43. The van der Waals surface area contributed by atoms with Gasteiger partial charge in [0.15, 0.2) is 0 Å². The maximum absolute atomic E-state index is 4.08. The molecule has 2 rings (SSSR count). The van der Waals surface area contributed by atoms with E-state index in [1.807, 2.05) is 30.5 Å². The minimum atomic E-state index is 0.748. The Balaban J connectivity index is 0.000000280. The highest BCUT2D eigenvalue weighted by Crippen LogP contribution is 2.36. The molecule has 1 aromatic rings. The van der Waals surface area contributed by atoms with Crippen molar-refractivity contribution >= 4 is 30.1 Å². The molecule has 0 bridgehead atoms. The van der Waals surface area contributed by atoms with Crippen LogP contribution in [-0.2, 0) is 0 Å². The number of hydrogen-bond donors (Lipinski definition) is 1. The highest BCUT2D eigenvalue weighted by Gasteiger charge is 2.15. The fourth-order valence-electron chi connectivity index (χ4n) is 1.72. The predicted octanol–water partition coefficient (Wildman–Crippen LogP) is 4.56. The number of allylic oxidation sites excluding steroid dienone is 2. The lowest BCUT2D eigenvalue weighted by atomic mass is 10.3. The van der Waals surface area contributed by atoms with E-state index in [2.05, 4.69) is 43.0 Å². The zero-order valence-electron chi connectivity index (χ0n) is 11.6. The van der Waals surface area contributed by atoms with Gasteiger partial charge in [0.2, 0.25) is 0 Å². The van der Waals surface area contributed by atoms with Crippen molar-refractivity contribution in [3.8, 4) is 0 Å². The highest BCUT2D eigenvalue weighted by atomic mass is 32.2. The first-order valence-corrected chi connectivity index (χ1v) is 8.24. The van der Waals surface area contributed by atoms with Crippen molar-refractivity contribution in [2.24, 2.45) is 5.92 Å². The first-order valence-electron chi connectivity index (χ1n) is 6.63. The molecule has 0 saturated carbocycles. The van der Waals surface area contributed by atoms with Crippen LogP contribution in [-0.4, -0.2) is 21.1 Å². The van der Waals surface area contributed by atoms with Crippen molar-refractivity contribution < 1.29 is 0 Å². The summed E-state index contributed by atoms with van der Waals surface area (Å²) < 4.78 is 2.16. The Morgan fingerprint density at radius 3 is 2.67 bits per heavy atom. The van der Waals surface area contributed by atoms with Gasteiger partial charge in [-0.05, 0) is 36.7 Å². The van der Waals surface area contributed by atoms with Gasteiger partial charge in [0.25, 0.3) is 0 Å². The molecule has 1 heterocycles. The molecule has 2 nitrogen and oxygen atoms in total. The first kappa shape index (κ1) is 15.7. The van der Waals surface area contributed by atoms with E-state index in [9.17, 15) is 0 Å². The molecule has 0 amide bonds. The minimum Gasteiger partial charge on any atom is -0.309 e. The van der Waals surface area contributed by atoms with Crippen LogP contribution >= 0.6 is 24.4 Å². The molecule has 18 heavy (non-hydrogen) atoms. The summed E-state index contributed by atoms with van der Waals surface area (Å²) in [6.45, 7) is 6.50. The Bertz CT molecular complexity index is 356. The summed E-state index contributed by atoms with van der Waals surface area (Å²) in [6, 6.07) is 0. The van der Waals surface area contributed by atoms with Gasteiger partial charge in [-0.15, -0.1) is 11.8 Å². The molecular weight excluding hydrogens is 260 g/mol. The van der Waals surface area contributed by atoms with Crippen LogP contribution in [0.3, 0.4) is 0 Å². The Hall–Kier alpha value is -0.350. The van der Waals surface area contributed by atoms with E-state index in [1.54, 1.807) is 4.91 Å². The normalized spacial score (nSPS) is 14.9. The molecule has 0 aromatic carbocycles. The second kappa shape index (κ2) is 8.70.